The number of nitrogens with zero attached hydrogens (tertiary/aromatic N) is 4. The number of nitriles is 1. The lowest BCUT2D eigenvalue weighted by Gasteiger charge is -2.38. The van der Waals surface area contributed by atoms with E-state index < -0.39 is 0 Å². The van der Waals surface area contributed by atoms with Crippen molar-refractivity contribution in [3.8, 4) is 11.8 Å². The van der Waals surface area contributed by atoms with Gasteiger partial charge in [-0.25, -0.2) is 0 Å². The van der Waals surface area contributed by atoms with Gasteiger partial charge in [0.2, 0.25) is 0 Å². The smallest absolute Gasteiger partial charge is 0.179 e. The maximum atomic E-state index is 9.24. The van der Waals surface area contributed by atoms with Crippen LogP contribution in [-0.4, -0.2) is 49.4 Å². The zero-order valence-electron chi connectivity index (χ0n) is 17.6. The van der Waals surface area contributed by atoms with Crippen molar-refractivity contribution < 1.29 is 9.26 Å². The molecule has 1 saturated heterocycles. The van der Waals surface area contributed by atoms with E-state index in [-0.39, 0.29) is 0 Å². The van der Waals surface area contributed by atoms with Crippen molar-refractivity contribution in [3.05, 3.63) is 54.1 Å². The fourth-order valence-corrected chi connectivity index (χ4v) is 4.13. The van der Waals surface area contributed by atoms with Gasteiger partial charge in [0, 0.05) is 38.6 Å². The number of likely N-dealkylation sites (tertiary alicyclic amines) is 1. The molecule has 2 aromatic carbocycles. The summed E-state index contributed by atoms with van der Waals surface area (Å²) in [5.74, 6) is 2.04. The van der Waals surface area contributed by atoms with Crippen molar-refractivity contribution in [1.82, 2.24) is 10.1 Å². The number of benzene rings is 2. The third kappa shape index (κ3) is 4.42. The third-order valence-electron chi connectivity index (χ3n) is 6.03. The molecule has 4 rings (SSSR count). The number of aromatic nitrogens is 1. The van der Waals surface area contributed by atoms with Gasteiger partial charge in [-0.05, 0) is 44.0 Å². The summed E-state index contributed by atoms with van der Waals surface area (Å²) in [5.41, 5.74) is 1.42. The fourth-order valence-electron chi connectivity index (χ4n) is 4.13. The summed E-state index contributed by atoms with van der Waals surface area (Å²) < 4.78 is 11.5. The highest BCUT2D eigenvalue weighted by Gasteiger charge is 2.26. The Balaban J connectivity index is 1.33. The first kappa shape index (κ1) is 20.2. The topological polar surface area (TPSA) is 65.5 Å². The lowest BCUT2D eigenvalue weighted by molar-refractivity contribution is 0.0918. The van der Waals surface area contributed by atoms with E-state index in [1.165, 1.54) is 0 Å². The molecule has 0 spiro atoms. The molecular formula is C24H28N4O2. The summed E-state index contributed by atoms with van der Waals surface area (Å²) >= 11 is 0. The quantitative estimate of drug-likeness (QED) is 0.584. The highest BCUT2D eigenvalue weighted by molar-refractivity contribution is 5.88. The lowest BCUT2D eigenvalue weighted by atomic mass is 9.94. The van der Waals surface area contributed by atoms with Crippen LogP contribution in [0, 0.1) is 17.2 Å². The molecule has 156 valence electrons. The summed E-state index contributed by atoms with van der Waals surface area (Å²) in [5, 5.41) is 14.6. The SMILES string of the molecule is C[C@H]1CC[C@H](COc2ccccc2C#N)CN1CCN(C)c1noc2ccccc12. The second-order valence-corrected chi connectivity index (χ2v) is 8.13. The number of rotatable bonds is 7. The average molecular weight is 405 g/mol. The van der Waals surface area contributed by atoms with Gasteiger partial charge < -0.3 is 14.2 Å². The van der Waals surface area contributed by atoms with Crippen LogP contribution in [0.5, 0.6) is 5.75 Å². The molecule has 0 N–H and O–H groups in total. The number of likely N-dealkylation sites (N-methyl/N-ethyl adjacent to an activating group) is 1. The molecule has 1 aliphatic heterocycles. The van der Waals surface area contributed by atoms with E-state index in [4.69, 9.17) is 9.26 Å². The molecule has 6 heteroatoms. The van der Waals surface area contributed by atoms with Gasteiger partial charge >= 0.3 is 0 Å². The molecule has 1 aliphatic rings. The van der Waals surface area contributed by atoms with Gasteiger partial charge in [0.1, 0.15) is 11.8 Å². The number of piperidine rings is 1. The largest absolute Gasteiger partial charge is 0.492 e. The standard InChI is InChI=1S/C24H28N4O2/c1-18-11-12-19(17-29-22-9-5-3-7-20(22)15-25)16-28(18)14-13-27(2)24-21-8-4-6-10-23(21)30-26-24/h3-10,18-19H,11-14,16-17H2,1-2H3/t18-,19-/m0/s1. The summed E-state index contributed by atoms with van der Waals surface area (Å²) in [4.78, 5) is 4.70. The van der Waals surface area contributed by atoms with Crippen molar-refractivity contribution in [2.45, 2.75) is 25.8 Å². The second-order valence-electron chi connectivity index (χ2n) is 8.13. The van der Waals surface area contributed by atoms with Crippen molar-refractivity contribution in [2.75, 3.05) is 38.2 Å². The fraction of sp³-hybridized carbons (Fsp3) is 0.417. The minimum Gasteiger partial charge on any atom is -0.492 e. The Morgan fingerprint density at radius 2 is 2.00 bits per heavy atom. The molecule has 1 fully saturated rings. The molecule has 0 aliphatic carbocycles. The Kier molecular flexibility index (Phi) is 6.20. The monoisotopic (exact) mass is 404 g/mol. The van der Waals surface area contributed by atoms with Crippen LogP contribution in [0.15, 0.2) is 53.1 Å². The van der Waals surface area contributed by atoms with E-state index in [2.05, 4.69) is 35.0 Å². The second kappa shape index (κ2) is 9.19. The molecule has 30 heavy (non-hydrogen) atoms. The highest BCUT2D eigenvalue weighted by Crippen LogP contribution is 2.26. The van der Waals surface area contributed by atoms with Crippen molar-refractivity contribution in [1.29, 1.82) is 5.26 Å². The van der Waals surface area contributed by atoms with Crippen molar-refractivity contribution in [3.63, 3.8) is 0 Å². The van der Waals surface area contributed by atoms with E-state index in [1.54, 1.807) is 6.07 Å². The zero-order chi connectivity index (χ0) is 20.9. The molecule has 0 radical (unpaired) electrons. The number of para-hydroxylation sites is 2. The normalized spacial score (nSPS) is 19.5. The van der Waals surface area contributed by atoms with Gasteiger partial charge in [-0.15, -0.1) is 0 Å². The van der Waals surface area contributed by atoms with E-state index in [1.807, 2.05) is 42.5 Å². The van der Waals surface area contributed by atoms with Crippen molar-refractivity contribution in [2.24, 2.45) is 5.92 Å². The number of fused-ring (bicyclic) bond motifs is 1. The zero-order valence-corrected chi connectivity index (χ0v) is 17.6. The highest BCUT2D eigenvalue weighted by atomic mass is 16.5. The first-order chi connectivity index (χ1) is 14.7. The van der Waals surface area contributed by atoms with Gasteiger partial charge in [0.25, 0.3) is 0 Å². The Labute approximate surface area is 177 Å². The number of hydrogen-bond donors (Lipinski definition) is 0. The Morgan fingerprint density at radius 1 is 1.20 bits per heavy atom. The molecule has 0 bridgehead atoms. The van der Waals surface area contributed by atoms with Crippen LogP contribution in [0.4, 0.5) is 5.82 Å². The molecule has 1 aromatic heterocycles. The van der Waals surface area contributed by atoms with Gasteiger partial charge in [-0.3, -0.25) is 4.90 Å². The predicted octanol–water partition coefficient (Wildman–Crippen LogP) is 4.32. The van der Waals surface area contributed by atoms with Crippen LogP contribution in [0.1, 0.15) is 25.3 Å². The van der Waals surface area contributed by atoms with Crippen LogP contribution in [0.25, 0.3) is 11.0 Å². The maximum absolute atomic E-state index is 9.24. The molecular weight excluding hydrogens is 376 g/mol. The predicted molar refractivity (Wildman–Crippen MR) is 118 cm³/mol. The summed E-state index contributed by atoms with van der Waals surface area (Å²) in [6.45, 7) is 5.79. The molecule has 3 aromatic rings. The third-order valence-corrected chi connectivity index (χ3v) is 6.03. The first-order valence-electron chi connectivity index (χ1n) is 10.6. The van der Waals surface area contributed by atoms with Crippen molar-refractivity contribution >= 4 is 16.8 Å². The maximum Gasteiger partial charge on any atom is 0.179 e. The van der Waals surface area contributed by atoms with Crippen LogP contribution >= 0.6 is 0 Å². The lowest BCUT2D eigenvalue weighted by Crippen LogP contribution is -2.46. The minimum absolute atomic E-state index is 0.464. The molecule has 2 heterocycles. The van der Waals surface area contributed by atoms with Crippen LogP contribution in [-0.2, 0) is 0 Å². The van der Waals surface area contributed by atoms with E-state index in [9.17, 15) is 5.26 Å². The molecule has 2 atom stereocenters. The molecule has 6 nitrogen and oxygen atoms in total. The van der Waals surface area contributed by atoms with E-state index in [0.717, 1.165) is 49.3 Å². The number of hydrogen-bond acceptors (Lipinski definition) is 6. The summed E-state index contributed by atoms with van der Waals surface area (Å²) in [6.07, 6.45) is 2.31. The van der Waals surface area contributed by atoms with E-state index in [0.29, 0.717) is 29.9 Å². The minimum atomic E-state index is 0.464. The number of ether oxygens (including phenoxy) is 1. The van der Waals surface area contributed by atoms with Crippen LogP contribution in [0.3, 0.4) is 0 Å². The Bertz CT molecular complexity index is 1030. The average Bonchev–Trinajstić information content (AvgIpc) is 3.22. The molecule has 0 unspecified atom stereocenters. The molecule has 0 saturated carbocycles. The number of anilines is 1. The first-order valence-corrected chi connectivity index (χ1v) is 10.6. The van der Waals surface area contributed by atoms with Crippen LogP contribution < -0.4 is 9.64 Å². The van der Waals surface area contributed by atoms with E-state index >= 15 is 0 Å². The van der Waals surface area contributed by atoms with Gasteiger partial charge in [0.05, 0.1) is 17.6 Å². The van der Waals surface area contributed by atoms with Gasteiger partial charge in [-0.1, -0.05) is 29.4 Å². The Morgan fingerprint density at radius 3 is 2.87 bits per heavy atom. The summed E-state index contributed by atoms with van der Waals surface area (Å²) in [7, 11) is 2.07. The molecule has 0 amide bonds. The summed E-state index contributed by atoms with van der Waals surface area (Å²) in [6, 6.07) is 18.2. The Hall–Kier alpha value is -3.04. The van der Waals surface area contributed by atoms with Crippen LogP contribution in [0.2, 0.25) is 0 Å². The van der Waals surface area contributed by atoms with Gasteiger partial charge in [-0.2, -0.15) is 5.26 Å². The van der Waals surface area contributed by atoms with Gasteiger partial charge in [0.15, 0.2) is 11.4 Å².